The van der Waals surface area contributed by atoms with Crippen molar-refractivity contribution in [1.82, 2.24) is 0 Å². The largest absolute Gasteiger partial charge is 0.496 e. The highest BCUT2D eigenvalue weighted by molar-refractivity contribution is 7.98. The number of carbonyl (C=O) groups excluding carboxylic acids is 1. The van der Waals surface area contributed by atoms with Crippen molar-refractivity contribution in [3.8, 4) is 5.75 Å². The lowest BCUT2D eigenvalue weighted by atomic mass is 10.1. The third kappa shape index (κ3) is 4.13. The second-order valence-corrected chi connectivity index (χ2v) is 5.61. The number of allylic oxidation sites excluding steroid dienone is 1. The average Bonchev–Trinajstić information content (AvgIpc) is 2.52. The maximum absolute atomic E-state index is 12.1. The summed E-state index contributed by atoms with van der Waals surface area (Å²) in [7, 11) is 1.64. The molecule has 2 rings (SSSR count). The maximum Gasteiger partial charge on any atom is 0.185 e. The van der Waals surface area contributed by atoms with Crippen molar-refractivity contribution in [2.24, 2.45) is 0 Å². The average molecular weight is 319 g/mol. The van der Waals surface area contributed by atoms with Crippen LogP contribution in [0.15, 0.2) is 53.4 Å². The molecule has 0 amide bonds. The second-order valence-electron chi connectivity index (χ2n) is 4.32. The summed E-state index contributed by atoms with van der Waals surface area (Å²) in [5.74, 6) is 0.727. The van der Waals surface area contributed by atoms with Gasteiger partial charge in [0.05, 0.1) is 7.11 Å². The SMILES string of the molecule is COc1cc(/C=C/C(=O)c2cccc(Cl)c2)ccc1SC. The van der Waals surface area contributed by atoms with Gasteiger partial charge in [0.25, 0.3) is 0 Å². The molecule has 0 aliphatic carbocycles. The Morgan fingerprint density at radius 1 is 1.24 bits per heavy atom. The number of ketones is 1. The van der Waals surface area contributed by atoms with Crippen molar-refractivity contribution in [3.63, 3.8) is 0 Å². The van der Waals surface area contributed by atoms with Crippen LogP contribution in [0.1, 0.15) is 15.9 Å². The first kappa shape index (κ1) is 15.7. The summed E-state index contributed by atoms with van der Waals surface area (Å²) in [6, 6.07) is 12.8. The number of ether oxygens (including phenoxy) is 1. The predicted octanol–water partition coefficient (Wildman–Crippen LogP) is 4.97. The first-order chi connectivity index (χ1) is 10.1. The molecule has 108 valence electrons. The Hall–Kier alpha value is -1.71. The van der Waals surface area contributed by atoms with Gasteiger partial charge in [0.15, 0.2) is 5.78 Å². The van der Waals surface area contributed by atoms with E-state index in [4.69, 9.17) is 16.3 Å². The van der Waals surface area contributed by atoms with Crippen LogP contribution in [0, 0.1) is 0 Å². The van der Waals surface area contributed by atoms with E-state index in [0.717, 1.165) is 16.2 Å². The van der Waals surface area contributed by atoms with Crippen molar-refractivity contribution in [1.29, 1.82) is 0 Å². The summed E-state index contributed by atoms with van der Waals surface area (Å²) in [5, 5.41) is 0.556. The number of thioether (sulfide) groups is 1. The summed E-state index contributed by atoms with van der Waals surface area (Å²) >= 11 is 7.50. The van der Waals surface area contributed by atoms with E-state index in [2.05, 4.69) is 0 Å². The Labute approximate surface area is 133 Å². The topological polar surface area (TPSA) is 26.3 Å². The molecule has 2 aromatic carbocycles. The molecule has 0 saturated heterocycles. The molecule has 0 heterocycles. The summed E-state index contributed by atoms with van der Waals surface area (Å²) in [6.45, 7) is 0. The predicted molar refractivity (Wildman–Crippen MR) is 89.6 cm³/mol. The van der Waals surface area contributed by atoms with Crippen LogP contribution in [0.5, 0.6) is 5.75 Å². The number of halogens is 1. The van der Waals surface area contributed by atoms with Gasteiger partial charge in [0.2, 0.25) is 0 Å². The number of carbonyl (C=O) groups is 1. The fourth-order valence-corrected chi connectivity index (χ4v) is 2.60. The van der Waals surface area contributed by atoms with Crippen molar-refractivity contribution in [3.05, 3.63) is 64.7 Å². The summed E-state index contributed by atoms with van der Waals surface area (Å²) in [5.41, 5.74) is 1.49. The van der Waals surface area contributed by atoms with Crippen LogP contribution >= 0.6 is 23.4 Å². The van der Waals surface area contributed by atoms with E-state index >= 15 is 0 Å². The molecular formula is C17H15ClO2S. The third-order valence-corrected chi connectivity index (χ3v) is 3.96. The quantitative estimate of drug-likeness (QED) is 0.442. The van der Waals surface area contributed by atoms with Crippen LogP contribution in [0.3, 0.4) is 0 Å². The standard InChI is InChI=1S/C17H15ClO2S/c1-20-16-10-12(7-9-17(16)21-2)6-8-15(19)13-4-3-5-14(18)11-13/h3-11H,1-2H3/b8-6+. The molecule has 2 aromatic rings. The van der Waals surface area contributed by atoms with Crippen LogP contribution in [0.25, 0.3) is 6.08 Å². The molecule has 0 radical (unpaired) electrons. The van der Waals surface area contributed by atoms with E-state index < -0.39 is 0 Å². The monoisotopic (exact) mass is 318 g/mol. The maximum atomic E-state index is 12.1. The fourth-order valence-electron chi connectivity index (χ4n) is 1.87. The fraction of sp³-hybridized carbons (Fsp3) is 0.118. The first-order valence-electron chi connectivity index (χ1n) is 6.34. The summed E-state index contributed by atoms with van der Waals surface area (Å²) in [4.78, 5) is 13.1. The molecule has 0 saturated carbocycles. The zero-order valence-corrected chi connectivity index (χ0v) is 13.4. The van der Waals surface area contributed by atoms with Gasteiger partial charge >= 0.3 is 0 Å². The summed E-state index contributed by atoms with van der Waals surface area (Å²) in [6.07, 6.45) is 5.31. The Kier molecular flexibility index (Phi) is 5.48. The van der Waals surface area contributed by atoms with Crippen LogP contribution < -0.4 is 4.74 Å². The van der Waals surface area contributed by atoms with E-state index in [9.17, 15) is 4.79 Å². The number of hydrogen-bond acceptors (Lipinski definition) is 3. The zero-order valence-electron chi connectivity index (χ0n) is 11.8. The van der Waals surface area contributed by atoms with E-state index in [-0.39, 0.29) is 5.78 Å². The molecule has 0 bridgehead atoms. The van der Waals surface area contributed by atoms with E-state index in [0.29, 0.717) is 10.6 Å². The highest BCUT2D eigenvalue weighted by Crippen LogP contribution is 2.28. The van der Waals surface area contributed by atoms with E-state index in [1.165, 1.54) is 0 Å². The molecule has 0 aliphatic heterocycles. The van der Waals surface area contributed by atoms with Crippen LogP contribution in [-0.4, -0.2) is 19.1 Å². The molecule has 0 N–H and O–H groups in total. The smallest absolute Gasteiger partial charge is 0.185 e. The van der Waals surface area contributed by atoms with Crippen molar-refractivity contribution in [2.45, 2.75) is 4.90 Å². The lowest BCUT2D eigenvalue weighted by molar-refractivity contribution is 0.104. The van der Waals surface area contributed by atoms with Crippen molar-refractivity contribution >= 4 is 35.2 Å². The highest BCUT2D eigenvalue weighted by Gasteiger charge is 2.04. The minimum Gasteiger partial charge on any atom is -0.496 e. The van der Waals surface area contributed by atoms with Gasteiger partial charge in [-0.15, -0.1) is 11.8 Å². The molecule has 0 spiro atoms. The molecule has 21 heavy (non-hydrogen) atoms. The van der Waals surface area contributed by atoms with E-state index in [1.54, 1.807) is 55.3 Å². The molecule has 4 heteroatoms. The molecule has 0 unspecified atom stereocenters. The van der Waals surface area contributed by atoms with Crippen molar-refractivity contribution < 1.29 is 9.53 Å². The molecular weight excluding hydrogens is 304 g/mol. The number of benzene rings is 2. The Morgan fingerprint density at radius 3 is 2.71 bits per heavy atom. The van der Waals surface area contributed by atoms with Gasteiger partial charge in [-0.05, 0) is 42.2 Å². The molecule has 0 fully saturated rings. The van der Waals surface area contributed by atoms with Gasteiger partial charge in [0, 0.05) is 15.5 Å². The number of hydrogen-bond donors (Lipinski definition) is 0. The minimum atomic E-state index is -0.0783. The minimum absolute atomic E-state index is 0.0783. The van der Waals surface area contributed by atoms with Gasteiger partial charge in [0.1, 0.15) is 5.75 Å². The Bertz CT molecular complexity index is 680. The third-order valence-electron chi connectivity index (χ3n) is 2.94. The van der Waals surface area contributed by atoms with Gasteiger partial charge < -0.3 is 4.74 Å². The summed E-state index contributed by atoms with van der Waals surface area (Å²) < 4.78 is 5.33. The number of rotatable bonds is 5. The van der Waals surface area contributed by atoms with Gasteiger partial charge in [-0.1, -0.05) is 35.9 Å². The van der Waals surface area contributed by atoms with E-state index in [1.807, 2.05) is 24.5 Å². The van der Waals surface area contributed by atoms with Crippen LogP contribution in [-0.2, 0) is 0 Å². The van der Waals surface area contributed by atoms with Crippen LogP contribution in [0.4, 0.5) is 0 Å². The van der Waals surface area contributed by atoms with Gasteiger partial charge in [-0.25, -0.2) is 0 Å². The normalized spacial score (nSPS) is 10.8. The Balaban J connectivity index is 2.19. The first-order valence-corrected chi connectivity index (χ1v) is 7.94. The highest BCUT2D eigenvalue weighted by atomic mass is 35.5. The van der Waals surface area contributed by atoms with Crippen molar-refractivity contribution in [2.75, 3.05) is 13.4 Å². The van der Waals surface area contributed by atoms with Gasteiger partial charge in [-0.3, -0.25) is 4.79 Å². The number of methoxy groups -OCH3 is 1. The molecule has 0 aliphatic rings. The molecule has 0 atom stereocenters. The van der Waals surface area contributed by atoms with Crippen LogP contribution in [0.2, 0.25) is 5.02 Å². The van der Waals surface area contributed by atoms with Gasteiger partial charge in [-0.2, -0.15) is 0 Å². The molecule has 2 nitrogen and oxygen atoms in total. The molecule has 0 aromatic heterocycles. The Morgan fingerprint density at radius 2 is 2.05 bits per heavy atom. The lowest BCUT2D eigenvalue weighted by Gasteiger charge is -2.06. The lowest BCUT2D eigenvalue weighted by Crippen LogP contribution is -1.93. The zero-order chi connectivity index (χ0) is 15.2. The second kappa shape index (κ2) is 7.34.